The molecule has 0 unspecified atom stereocenters. The third kappa shape index (κ3) is 7.18. The van der Waals surface area contributed by atoms with Crippen molar-refractivity contribution in [1.82, 2.24) is 0 Å². The highest BCUT2D eigenvalue weighted by Crippen LogP contribution is 1.91. The van der Waals surface area contributed by atoms with Gasteiger partial charge < -0.3 is 9.47 Å². The van der Waals surface area contributed by atoms with E-state index >= 15 is 0 Å². The predicted octanol–water partition coefficient (Wildman–Crippen LogP) is 0.750. The highest BCUT2D eigenvalue weighted by atomic mass is 16.6. The van der Waals surface area contributed by atoms with Crippen LogP contribution >= 0.6 is 0 Å². The molecular formula is C10H12O5. The Balaban J connectivity index is 4.05. The van der Waals surface area contributed by atoms with Crippen LogP contribution in [0.3, 0.4) is 0 Å². The Morgan fingerprint density at radius 1 is 1.07 bits per heavy atom. The van der Waals surface area contributed by atoms with Crippen molar-refractivity contribution in [2.24, 2.45) is 0 Å². The van der Waals surface area contributed by atoms with E-state index in [1.807, 2.05) is 0 Å². The molecule has 82 valence electrons. The van der Waals surface area contributed by atoms with Gasteiger partial charge >= 0.3 is 17.9 Å². The predicted molar refractivity (Wildman–Crippen MR) is 51.7 cm³/mol. The van der Waals surface area contributed by atoms with E-state index in [1.165, 1.54) is 0 Å². The lowest BCUT2D eigenvalue weighted by Crippen LogP contribution is -2.10. The van der Waals surface area contributed by atoms with Gasteiger partial charge in [0.1, 0.15) is 0 Å². The summed E-state index contributed by atoms with van der Waals surface area (Å²) < 4.78 is 8.86. The zero-order chi connectivity index (χ0) is 11.8. The largest absolute Gasteiger partial charge is 0.460 e. The molecule has 0 aromatic carbocycles. The SMILES string of the molecule is C=CC(=O)OC(=O)/C=C\C(=O)OC(C)C. The van der Waals surface area contributed by atoms with E-state index in [0.29, 0.717) is 0 Å². The van der Waals surface area contributed by atoms with Gasteiger partial charge in [0.2, 0.25) is 0 Å². The van der Waals surface area contributed by atoms with E-state index in [9.17, 15) is 14.4 Å². The molecule has 15 heavy (non-hydrogen) atoms. The maximum atomic E-state index is 10.9. The van der Waals surface area contributed by atoms with Gasteiger partial charge in [0, 0.05) is 18.2 Å². The van der Waals surface area contributed by atoms with Gasteiger partial charge in [-0.15, -0.1) is 0 Å². The summed E-state index contributed by atoms with van der Waals surface area (Å²) >= 11 is 0. The molecule has 0 saturated heterocycles. The van der Waals surface area contributed by atoms with E-state index in [-0.39, 0.29) is 6.10 Å². The third-order valence-electron chi connectivity index (χ3n) is 1.08. The van der Waals surface area contributed by atoms with E-state index in [2.05, 4.69) is 11.3 Å². The molecule has 0 fully saturated rings. The quantitative estimate of drug-likeness (QED) is 0.390. The van der Waals surface area contributed by atoms with Gasteiger partial charge in [0.15, 0.2) is 0 Å². The summed E-state index contributed by atoms with van der Waals surface area (Å²) in [5, 5.41) is 0. The fourth-order valence-electron chi connectivity index (χ4n) is 0.583. The van der Waals surface area contributed by atoms with Gasteiger partial charge in [-0.1, -0.05) is 6.58 Å². The Hall–Kier alpha value is -1.91. The lowest BCUT2D eigenvalue weighted by molar-refractivity contribution is -0.153. The Morgan fingerprint density at radius 3 is 2.07 bits per heavy atom. The molecule has 0 saturated carbocycles. The zero-order valence-corrected chi connectivity index (χ0v) is 8.56. The average molecular weight is 212 g/mol. The van der Waals surface area contributed by atoms with Crippen LogP contribution in [0, 0.1) is 0 Å². The van der Waals surface area contributed by atoms with E-state index in [1.54, 1.807) is 13.8 Å². The minimum atomic E-state index is -0.944. The molecule has 0 atom stereocenters. The maximum Gasteiger partial charge on any atom is 0.338 e. The van der Waals surface area contributed by atoms with E-state index in [0.717, 1.165) is 18.2 Å². The first-order chi connectivity index (χ1) is 6.95. The first kappa shape index (κ1) is 13.1. The second kappa shape index (κ2) is 6.53. The minimum absolute atomic E-state index is 0.270. The molecule has 0 rings (SSSR count). The van der Waals surface area contributed by atoms with Crippen LogP contribution in [0.2, 0.25) is 0 Å². The molecule has 0 aliphatic carbocycles. The van der Waals surface area contributed by atoms with Crippen LogP contribution in [0.4, 0.5) is 0 Å². The zero-order valence-electron chi connectivity index (χ0n) is 8.56. The van der Waals surface area contributed by atoms with Crippen LogP contribution in [-0.4, -0.2) is 24.0 Å². The maximum absolute atomic E-state index is 10.9. The Morgan fingerprint density at radius 2 is 1.60 bits per heavy atom. The molecule has 0 spiro atoms. The molecule has 0 bridgehead atoms. The summed E-state index contributed by atoms with van der Waals surface area (Å²) in [6, 6.07) is 0. The van der Waals surface area contributed by atoms with Crippen molar-refractivity contribution >= 4 is 17.9 Å². The highest BCUT2D eigenvalue weighted by molar-refractivity contribution is 5.98. The lowest BCUT2D eigenvalue weighted by Gasteiger charge is -2.03. The molecule has 0 aromatic heterocycles. The number of ether oxygens (including phenoxy) is 2. The number of hydrogen-bond donors (Lipinski definition) is 0. The molecule has 5 heteroatoms. The van der Waals surface area contributed by atoms with Gasteiger partial charge in [0.05, 0.1) is 6.10 Å². The summed E-state index contributed by atoms with van der Waals surface area (Å²) in [5.74, 6) is -2.49. The van der Waals surface area contributed by atoms with Crippen LogP contribution in [0.15, 0.2) is 24.8 Å². The number of rotatable bonds is 4. The second-order valence-electron chi connectivity index (χ2n) is 2.76. The lowest BCUT2D eigenvalue weighted by atomic mass is 10.4. The standard InChI is InChI=1S/C10H12O5/c1-4-8(11)15-10(13)6-5-9(12)14-7(2)3/h4-7H,1H2,2-3H3/b6-5-. The smallest absolute Gasteiger partial charge is 0.338 e. The van der Waals surface area contributed by atoms with Crippen molar-refractivity contribution in [2.45, 2.75) is 20.0 Å². The van der Waals surface area contributed by atoms with Crippen LogP contribution < -0.4 is 0 Å². The first-order valence-electron chi connectivity index (χ1n) is 4.22. The molecule has 0 heterocycles. The van der Waals surface area contributed by atoms with Crippen molar-refractivity contribution < 1.29 is 23.9 Å². The highest BCUT2D eigenvalue weighted by Gasteiger charge is 2.05. The fourth-order valence-corrected chi connectivity index (χ4v) is 0.583. The van der Waals surface area contributed by atoms with Crippen LogP contribution in [-0.2, 0) is 23.9 Å². The molecular weight excluding hydrogens is 200 g/mol. The number of carbonyl (C=O) groups excluding carboxylic acids is 3. The van der Waals surface area contributed by atoms with Gasteiger partial charge in [-0.3, -0.25) is 0 Å². The van der Waals surface area contributed by atoms with Gasteiger partial charge in [0.25, 0.3) is 0 Å². The van der Waals surface area contributed by atoms with Crippen molar-refractivity contribution in [3.8, 4) is 0 Å². The monoisotopic (exact) mass is 212 g/mol. The van der Waals surface area contributed by atoms with Gasteiger partial charge in [-0.05, 0) is 13.8 Å². The molecule has 0 aromatic rings. The molecule has 0 amide bonds. The summed E-state index contributed by atoms with van der Waals surface area (Å²) in [4.78, 5) is 32.2. The Bertz CT molecular complexity index is 301. The Labute approximate surface area is 87.4 Å². The molecule has 0 radical (unpaired) electrons. The third-order valence-corrected chi connectivity index (χ3v) is 1.08. The fraction of sp³-hybridized carbons (Fsp3) is 0.300. The molecule has 0 N–H and O–H groups in total. The molecule has 0 aliphatic heterocycles. The second-order valence-corrected chi connectivity index (χ2v) is 2.76. The average Bonchev–Trinajstić information content (AvgIpc) is 2.13. The molecule has 0 aliphatic rings. The van der Waals surface area contributed by atoms with Crippen molar-refractivity contribution in [3.05, 3.63) is 24.8 Å². The number of hydrogen-bond acceptors (Lipinski definition) is 5. The van der Waals surface area contributed by atoms with Gasteiger partial charge in [-0.2, -0.15) is 0 Å². The Kier molecular flexibility index (Phi) is 5.70. The van der Waals surface area contributed by atoms with Crippen molar-refractivity contribution in [3.63, 3.8) is 0 Å². The van der Waals surface area contributed by atoms with Crippen molar-refractivity contribution in [2.75, 3.05) is 0 Å². The number of esters is 3. The van der Waals surface area contributed by atoms with Crippen molar-refractivity contribution in [1.29, 1.82) is 0 Å². The minimum Gasteiger partial charge on any atom is -0.460 e. The summed E-state index contributed by atoms with van der Waals surface area (Å²) in [7, 11) is 0. The van der Waals surface area contributed by atoms with Gasteiger partial charge in [-0.25, -0.2) is 14.4 Å². The van der Waals surface area contributed by atoms with Crippen LogP contribution in [0.5, 0.6) is 0 Å². The van der Waals surface area contributed by atoms with E-state index < -0.39 is 17.9 Å². The molecule has 5 nitrogen and oxygen atoms in total. The van der Waals surface area contributed by atoms with Crippen LogP contribution in [0.25, 0.3) is 0 Å². The first-order valence-corrected chi connectivity index (χ1v) is 4.22. The summed E-state index contributed by atoms with van der Waals surface area (Å²) in [6.45, 7) is 6.45. The normalized spacial score (nSPS) is 10.1. The summed E-state index contributed by atoms with van der Waals surface area (Å²) in [6.07, 6.45) is 2.27. The summed E-state index contributed by atoms with van der Waals surface area (Å²) in [5.41, 5.74) is 0. The topological polar surface area (TPSA) is 69.7 Å². The van der Waals surface area contributed by atoms with E-state index in [4.69, 9.17) is 4.74 Å². The van der Waals surface area contributed by atoms with Crippen LogP contribution in [0.1, 0.15) is 13.8 Å². The number of carbonyl (C=O) groups is 3.